The van der Waals surface area contributed by atoms with Crippen LogP contribution in [0.2, 0.25) is 0 Å². The Balaban J connectivity index is 1.47. The summed E-state index contributed by atoms with van der Waals surface area (Å²) in [4.78, 5) is 26.6. The van der Waals surface area contributed by atoms with Gasteiger partial charge in [0.05, 0.1) is 25.3 Å². The van der Waals surface area contributed by atoms with Crippen LogP contribution in [-0.2, 0) is 22.6 Å². The zero-order chi connectivity index (χ0) is 22.5. The monoisotopic (exact) mass is 434 g/mol. The van der Waals surface area contributed by atoms with Crippen LogP contribution in [0.15, 0.2) is 66.7 Å². The molecule has 0 atom stereocenters. The van der Waals surface area contributed by atoms with Gasteiger partial charge in [-0.15, -0.1) is 0 Å². The summed E-state index contributed by atoms with van der Waals surface area (Å²) < 4.78 is 24.2. The number of amides is 2. The molecule has 32 heavy (non-hydrogen) atoms. The molecule has 0 aliphatic carbocycles. The Morgan fingerprint density at radius 1 is 1.06 bits per heavy atom. The summed E-state index contributed by atoms with van der Waals surface area (Å²) >= 11 is 0. The molecule has 0 fully saturated rings. The van der Waals surface area contributed by atoms with Gasteiger partial charge in [-0.2, -0.15) is 0 Å². The van der Waals surface area contributed by atoms with Crippen LogP contribution < -0.4 is 19.7 Å². The topological polar surface area (TPSA) is 67.9 Å². The summed E-state index contributed by atoms with van der Waals surface area (Å²) in [5.74, 6) is 0.593. The van der Waals surface area contributed by atoms with E-state index < -0.39 is 0 Å². The van der Waals surface area contributed by atoms with E-state index >= 15 is 0 Å². The highest BCUT2D eigenvalue weighted by atomic mass is 19.1. The van der Waals surface area contributed by atoms with E-state index in [1.807, 2.05) is 31.2 Å². The molecule has 1 aliphatic heterocycles. The van der Waals surface area contributed by atoms with Crippen molar-refractivity contribution >= 4 is 23.2 Å². The summed E-state index contributed by atoms with van der Waals surface area (Å²) in [6, 6.07) is 18.6. The molecule has 0 aromatic heterocycles. The first kappa shape index (κ1) is 21.4. The third kappa shape index (κ3) is 5.06. The molecule has 0 bridgehead atoms. The van der Waals surface area contributed by atoms with Gasteiger partial charge in [0.2, 0.25) is 5.91 Å². The van der Waals surface area contributed by atoms with E-state index in [0.717, 1.165) is 16.9 Å². The SMILES string of the molecule is CCOc1ccc(CC(=O)Nc2ccc3c(c2)N(Cc2ccc(F)cc2)C(=O)CO3)cc1. The largest absolute Gasteiger partial charge is 0.494 e. The van der Waals surface area contributed by atoms with Crippen molar-refractivity contribution in [2.45, 2.75) is 19.9 Å². The van der Waals surface area contributed by atoms with Gasteiger partial charge in [0.15, 0.2) is 6.61 Å². The molecule has 4 rings (SSSR count). The second-order valence-electron chi connectivity index (χ2n) is 7.38. The summed E-state index contributed by atoms with van der Waals surface area (Å²) in [6.45, 7) is 2.71. The zero-order valence-corrected chi connectivity index (χ0v) is 17.6. The molecule has 2 amide bonds. The van der Waals surface area contributed by atoms with Gasteiger partial charge in [-0.05, 0) is 60.5 Å². The fourth-order valence-corrected chi connectivity index (χ4v) is 3.49. The second-order valence-corrected chi connectivity index (χ2v) is 7.38. The van der Waals surface area contributed by atoms with E-state index in [9.17, 15) is 14.0 Å². The van der Waals surface area contributed by atoms with Crippen LogP contribution in [0.4, 0.5) is 15.8 Å². The summed E-state index contributed by atoms with van der Waals surface area (Å²) in [7, 11) is 0. The number of carbonyl (C=O) groups is 2. The quantitative estimate of drug-likeness (QED) is 0.601. The fourth-order valence-electron chi connectivity index (χ4n) is 3.49. The predicted octanol–water partition coefficient (Wildman–Crippen LogP) is 4.33. The number of halogens is 1. The zero-order valence-electron chi connectivity index (χ0n) is 17.6. The molecule has 7 heteroatoms. The minimum absolute atomic E-state index is 0.0718. The van der Waals surface area contributed by atoms with E-state index in [1.54, 1.807) is 35.2 Å². The molecule has 1 aliphatic rings. The van der Waals surface area contributed by atoms with Gasteiger partial charge >= 0.3 is 0 Å². The number of rotatable bonds is 7. The number of ether oxygens (including phenoxy) is 2. The smallest absolute Gasteiger partial charge is 0.265 e. The Hall–Kier alpha value is -3.87. The molecule has 0 radical (unpaired) electrons. The molecule has 0 spiro atoms. The van der Waals surface area contributed by atoms with Crippen molar-refractivity contribution < 1.29 is 23.5 Å². The lowest BCUT2D eigenvalue weighted by Crippen LogP contribution is -2.38. The van der Waals surface area contributed by atoms with Crippen LogP contribution in [0, 0.1) is 5.82 Å². The first-order valence-electron chi connectivity index (χ1n) is 10.3. The van der Waals surface area contributed by atoms with Gasteiger partial charge in [0.25, 0.3) is 5.91 Å². The van der Waals surface area contributed by atoms with Crippen molar-refractivity contribution in [3.05, 3.63) is 83.7 Å². The molecule has 0 saturated carbocycles. The molecule has 3 aromatic carbocycles. The molecular weight excluding hydrogens is 411 g/mol. The van der Waals surface area contributed by atoms with Gasteiger partial charge in [-0.25, -0.2) is 4.39 Å². The molecule has 1 heterocycles. The molecule has 0 unspecified atom stereocenters. The molecule has 3 aromatic rings. The minimum Gasteiger partial charge on any atom is -0.494 e. The standard InChI is InChI=1S/C25H23FN2O4/c1-2-31-21-10-5-17(6-11-21)13-24(29)27-20-9-12-23-22(14-20)28(25(30)16-32-23)15-18-3-7-19(26)8-4-18/h3-12,14H,2,13,15-16H2,1H3,(H,27,29). The van der Waals surface area contributed by atoms with Gasteiger partial charge in [0, 0.05) is 5.69 Å². The third-order valence-corrected chi connectivity index (χ3v) is 5.04. The van der Waals surface area contributed by atoms with Gasteiger partial charge < -0.3 is 19.7 Å². The highest BCUT2D eigenvalue weighted by Gasteiger charge is 2.26. The lowest BCUT2D eigenvalue weighted by Gasteiger charge is -2.30. The van der Waals surface area contributed by atoms with Crippen molar-refractivity contribution in [3.63, 3.8) is 0 Å². The van der Waals surface area contributed by atoms with Crippen LogP contribution in [0.3, 0.4) is 0 Å². The normalized spacial score (nSPS) is 12.7. The van der Waals surface area contributed by atoms with Gasteiger partial charge in [0.1, 0.15) is 17.3 Å². The highest BCUT2D eigenvalue weighted by Crippen LogP contribution is 2.35. The van der Waals surface area contributed by atoms with E-state index in [0.29, 0.717) is 23.7 Å². The number of carbonyl (C=O) groups excluding carboxylic acids is 2. The number of hydrogen-bond acceptors (Lipinski definition) is 4. The minimum atomic E-state index is -0.333. The number of anilines is 2. The number of hydrogen-bond donors (Lipinski definition) is 1. The van der Waals surface area contributed by atoms with Crippen LogP contribution in [0.25, 0.3) is 0 Å². The van der Waals surface area contributed by atoms with E-state index in [1.165, 1.54) is 12.1 Å². The van der Waals surface area contributed by atoms with Crippen LogP contribution in [-0.4, -0.2) is 25.0 Å². The van der Waals surface area contributed by atoms with Crippen molar-refractivity contribution in [2.24, 2.45) is 0 Å². The van der Waals surface area contributed by atoms with Crippen molar-refractivity contribution in [1.82, 2.24) is 0 Å². The first-order valence-corrected chi connectivity index (χ1v) is 10.3. The Morgan fingerprint density at radius 2 is 1.78 bits per heavy atom. The van der Waals surface area contributed by atoms with E-state index in [-0.39, 0.29) is 37.2 Å². The third-order valence-electron chi connectivity index (χ3n) is 5.04. The molecule has 6 nitrogen and oxygen atoms in total. The van der Waals surface area contributed by atoms with Crippen molar-refractivity contribution in [1.29, 1.82) is 0 Å². The average Bonchev–Trinajstić information content (AvgIpc) is 2.78. The summed E-state index contributed by atoms with van der Waals surface area (Å²) in [6.07, 6.45) is 0.207. The van der Waals surface area contributed by atoms with E-state index in [4.69, 9.17) is 9.47 Å². The predicted molar refractivity (Wildman–Crippen MR) is 119 cm³/mol. The van der Waals surface area contributed by atoms with Crippen LogP contribution in [0.1, 0.15) is 18.1 Å². The van der Waals surface area contributed by atoms with Gasteiger partial charge in [-0.1, -0.05) is 24.3 Å². The van der Waals surface area contributed by atoms with E-state index in [2.05, 4.69) is 5.32 Å². The number of fused-ring (bicyclic) bond motifs is 1. The second kappa shape index (κ2) is 9.51. The molecule has 1 N–H and O–H groups in total. The molecular formula is C25H23FN2O4. The van der Waals surface area contributed by atoms with Crippen molar-refractivity contribution in [3.8, 4) is 11.5 Å². The number of benzene rings is 3. The van der Waals surface area contributed by atoms with Crippen LogP contribution >= 0.6 is 0 Å². The maximum atomic E-state index is 13.2. The Kier molecular flexibility index (Phi) is 6.35. The number of nitrogens with zero attached hydrogens (tertiary/aromatic N) is 1. The maximum absolute atomic E-state index is 13.2. The Bertz CT molecular complexity index is 1110. The Morgan fingerprint density at radius 3 is 2.50 bits per heavy atom. The van der Waals surface area contributed by atoms with Crippen molar-refractivity contribution in [2.75, 3.05) is 23.4 Å². The summed E-state index contributed by atoms with van der Waals surface area (Å²) in [5, 5.41) is 2.87. The lowest BCUT2D eigenvalue weighted by molar-refractivity contribution is -0.121. The van der Waals surface area contributed by atoms with Crippen LogP contribution in [0.5, 0.6) is 11.5 Å². The molecule has 164 valence electrons. The fraction of sp³-hybridized carbons (Fsp3) is 0.200. The first-order chi connectivity index (χ1) is 15.5. The Labute approximate surface area is 185 Å². The summed E-state index contributed by atoms with van der Waals surface area (Å²) in [5.41, 5.74) is 2.77. The highest BCUT2D eigenvalue weighted by molar-refractivity contribution is 5.99. The lowest BCUT2D eigenvalue weighted by atomic mass is 10.1. The molecule has 0 saturated heterocycles. The maximum Gasteiger partial charge on any atom is 0.265 e. The average molecular weight is 434 g/mol. The van der Waals surface area contributed by atoms with Gasteiger partial charge in [-0.3, -0.25) is 9.59 Å². The number of nitrogens with one attached hydrogen (secondary N) is 1.